The van der Waals surface area contributed by atoms with Crippen LogP contribution in [0.2, 0.25) is 10.0 Å². The molecule has 1 saturated heterocycles. The molecule has 1 heterocycles. The van der Waals surface area contributed by atoms with E-state index < -0.39 is 15.9 Å². The van der Waals surface area contributed by atoms with Crippen LogP contribution in [0.3, 0.4) is 0 Å². The van der Waals surface area contributed by atoms with E-state index in [4.69, 9.17) is 32.7 Å². The maximum Gasteiger partial charge on any atom is 0.224 e. The van der Waals surface area contributed by atoms with Crippen LogP contribution in [0.25, 0.3) is 0 Å². The summed E-state index contributed by atoms with van der Waals surface area (Å²) in [5, 5.41) is 3.52. The molecule has 3 rings (SSSR count). The highest BCUT2D eigenvalue weighted by Gasteiger charge is 2.32. The van der Waals surface area contributed by atoms with Gasteiger partial charge in [-0.25, -0.2) is 12.7 Å². The first-order valence-electron chi connectivity index (χ1n) is 10.2. The molecule has 7 nitrogen and oxygen atoms in total. The van der Waals surface area contributed by atoms with E-state index in [2.05, 4.69) is 5.32 Å². The third-order valence-electron chi connectivity index (χ3n) is 5.21. The van der Waals surface area contributed by atoms with Crippen LogP contribution in [0.5, 0.6) is 11.5 Å². The number of hydrogen-bond donors (Lipinski definition) is 1. The largest absolute Gasteiger partial charge is 0.497 e. The summed E-state index contributed by atoms with van der Waals surface area (Å²) in [6, 6.07) is 11.9. The van der Waals surface area contributed by atoms with Gasteiger partial charge >= 0.3 is 0 Å². The quantitative estimate of drug-likeness (QED) is 0.530. The van der Waals surface area contributed by atoms with Gasteiger partial charge in [0.05, 0.1) is 35.4 Å². The van der Waals surface area contributed by atoms with Gasteiger partial charge < -0.3 is 14.8 Å². The molecule has 2 aromatic carbocycles. The second-order valence-corrected chi connectivity index (χ2v) is 10.3. The highest BCUT2D eigenvalue weighted by Crippen LogP contribution is 2.26. The molecule has 1 N–H and O–H groups in total. The van der Waals surface area contributed by atoms with E-state index in [1.54, 1.807) is 49.6 Å². The summed E-state index contributed by atoms with van der Waals surface area (Å²) >= 11 is 11.9. The van der Waals surface area contributed by atoms with E-state index in [9.17, 15) is 13.2 Å². The minimum absolute atomic E-state index is 0.162. The Morgan fingerprint density at radius 3 is 2.53 bits per heavy atom. The summed E-state index contributed by atoms with van der Waals surface area (Å²) in [7, 11) is -1.99. The van der Waals surface area contributed by atoms with E-state index in [-0.39, 0.29) is 18.2 Å². The molecule has 0 radical (unpaired) electrons. The average molecular weight is 501 g/mol. The van der Waals surface area contributed by atoms with Gasteiger partial charge in [-0.3, -0.25) is 4.79 Å². The van der Waals surface area contributed by atoms with Crippen molar-refractivity contribution < 1.29 is 22.7 Å². The van der Waals surface area contributed by atoms with E-state index >= 15 is 0 Å². The van der Waals surface area contributed by atoms with Gasteiger partial charge in [-0.05, 0) is 54.8 Å². The van der Waals surface area contributed by atoms with Crippen molar-refractivity contribution in [3.63, 3.8) is 0 Å². The first-order chi connectivity index (χ1) is 15.3. The average Bonchev–Trinajstić information content (AvgIpc) is 2.79. The number of benzene rings is 2. The summed E-state index contributed by atoms with van der Waals surface area (Å²) < 4.78 is 37.8. The minimum Gasteiger partial charge on any atom is -0.497 e. The van der Waals surface area contributed by atoms with Gasteiger partial charge in [0.1, 0.15) is 18.1 Å². The molecule has 0 aliphatic carbocycles. The molecule has 0 bridgehead atoms. The van der Waals surface area contributed by atoms with Gasteiger partial charge in [0.25, 0.3) is 0 Å². The molecule has 1 aliphatic heterocycles. The van der Waals surface area contributed by atoms with Gasteiger partial charge in [0.2, 0.25) is 15.9 Å². The Hall–Kier alpha value is -2.00. The van der Waals surface area contributed by atoms with Crippen LogP contribution < -0.4 is 14.8 Å². The van der Waals surface area contributed by atoms with Crippen molar-refractivity contribution in [3.05, 3.63) is 58.1 Å². The number of nitrogens with one attached hydrogen (secondary N) is 1. The van der Waals surface area contributed by atoms with Crippen LogP contribution in [0, 0.1) is 5.92 Å². The van der Waals surface area contributed by atoms with E-state index in [0.717, 1.165) is 5.75 Å². The fraction of sp³-hybridized carbons (Fsp3) is 0.409. The Morgan fingerprint density at radius 1 is 1.12 bits per heavy atom. The highest BCUT2D eigenvalue weighted by atomic mass is 35.5. The Labute approximate surface area is 198 Å². The SMILES string of the molecule is COc1ccc(OCCNC(=O)[C@H]2CCCN(S(=O)(=O)Cc3ccc(Cl)c(Cl)c3)C2)cc1. The Morgan fingerprint density at radius 2 is 1.84 bits per heavy atom. The van der Waals surface area contributed by atoms with Crippen LogP contribution in [0.15, 0.2) is 42.5 Å². The molecule has 1 fully saturated rings. The molecule has 0 unspecified atom stereocenters. The number of carbonyl (C=O) groups is 1. The lowest BCUT2D eigenvalue weighted by atomic mass is 9.99. The van der Waals surface area contributed by atoms with E-state index in [0.29, 0.717) is 53.9 Å². The number of ether oxygens (including phenoxy) is 2. The topological polar surface area (TPSA) is 84.9 Å². The van der Waals surface area contributed by atoms with Crippen molar-refractivity contribution in [2.75, 3.05) is 33.4 Å². The van der Waals surface area contributed by atoms with Crippen molar-refractivity contribution in [2.24, 2.45) is 5.92 Å². The summed E-state index contributed by atoms with van der Waals surface area (Å²) in [5.41, 5.74) is 0.557. The van der Waals surface area contributed by atoms with Crippen LogP contribution >= 0.6 is 23.2 Å². The fourth-order valence-corrected chi connectivity index (χ4v) is 5.42. The summed E-state index contributed by atoms with van der Waals surface area (Å²) in [4.78, 5) is 12.6. The van der Waals surface area contributed by atoms with Crippen LogP contribution in [0.1, 0.15) is 18.4 Å². The zero-order chi connectivity index (χ0) is 23.1. The number of sulfonamides is 1. The van der Waals surface area contributed by atoms with Gasteiger partial charge in [-0.2, -0.15) is 0 Å². The number of hydrogen-bond acceptors (Lipinski definition) is 5. The maximum atomic E-state index is 12.9. The Bertz CT molecular complexity index is 1030. The molecule has 0 spiro atoms. The van der Waals surface area contributed by atoms with Crippen molar-refractivity contribution >= 4 is 39.1 Å². The first-order valence-corrected chi connectivity index (χ1v) is 12.6. The number of piperidine rings is 1. The minimum atomic E-state index is -3.58. The number of halogens is 2. The molecule has 10 heteroatoms. The lowest BCUT2D eigenvalue weighted by Crippen LogP contribution is -2.46. The molecular weight excluding hydrogens is 475 g/mol. The second-order valence-electron chi connectivity index (χ2n) is 7.52. The van der Waals surface area contributed by atoms with Gasteiger partial charge in [-0.1, -0.05) is 29.3 Å². The third-order valence-corrected chi connectivity index (χ3v) is 7.77. The van der Waals surface area contributed by atoms with Crippen molar-refractivity contribution in [2.45, 2.75) is 18.6 Å². The standard InChI is InChI=1S/C22H26Cl2N2O5S/c1-30-18-5-7-19(8-6-18)31-12-10-25-22(27)17-3-2-11-26(14-17)32(28,29)15-16-4-9-20(23)21(24)13-16/h4-9,13,17H,2-3,10-12,14-15H2,1H3,(H,25,27)/t17-/m0/s1. The Balaban J connectivity index is 1.48. The molecule has 1 atom stereocenters. The van der Waals surface area contributed by atoms with Crippen LogP contribution in [0.4, 0.5) is 0 Å². The third kappa shape index (κ3) is 6.75. The zero-order valence-electron chi connectivity index (χ0n) is 17.7. The Kier molecular flexibility index (Phi) is 8.64. The predicted molar refractivity (Wildman–Crippen MR) is 125 cm³/mol. The number of amides is 1. The zero-order valence-corrected chi connectivity index (χ0v) is 20.0. The predicted octanol–water partition coefficient (Wildman–Crippen LogP) is 3.74. The van der Waals surface area contributed by atoms with Gasteiger partial charge in [-0.15, -0.1) is 0 Å². The molecule has 0 saturated carbocycles. The maximum absolute atomic E-state index is 12.9. The molecule has 174 valence electrons. The number of nitrogens with zero attached hydrogens (tertiary/aromatic N) is 1. The summed E-state index contributed by atoms with van der Waals surface area (Å²) in [6.45, 7) is 1.20. The summed E-state index contributed by atoms with van der Waals surface area (Å²) in [6.07, 6.45) is 1.27. The van der Waals surface area contributed by atoms with E-state index in [1.165, 1.54) is 4.31 Å². The molecule has 0 aromatic heterocycles. The number of methoxy groups -OCH3 is 1. The van der Waals surface area contributed by atoms with Crippen molar-refractivity contribution in [1.82, 2.24) is 9.62 Å². The number of carbonyl (C=O) groups excluding carboxylic acids is 1. The van der Waals surface area contributed by atoms with Crippen LogP contribution in [-0.2, 0) is 20.6 Å². The lowest BCUT2D eigenvalue weighted by Gasteiger charge is -2.31. The van der Waals surface area contributed by atoms with Gasteiger partial charge in [0.15, 0.2) is 0 Å². The summed E-state index contributed by atoms with van der Waals surface area (Å²) in [5.74, 6) is 0.665. The molecule has 1 amide bonds. The van der Waals surface area contributed by atoms with Crippen molar-refractivity contribution in [3.8, 4) is 11.5 Å². The van der Waals surface area contributed by atoms with Gasteiger partial charge in [0, 0.05) is 13.1 Å². The molecule has 1 aliphatic rings. The lowest BCUT2D eigenvalue weighted by molar-refractivity contribution is -0.126. The number of rotatable bonds is 9. The smallest absolute Gasteiger partial charge is 0.224 e. The fourth-order valence-electron chi connectivity index (χ4n) is 3.50. The highest BCUT2D eigenvalue weighted by molar-refractivity contribution is 7.88. The first kappa shape index (κ1) is 24.6. The van der Waals surface area contributed by atoms with Crippen molar-refractivity contribution in [1.29, 1.82) is 0 Å². The monoisotopic (exact) mass is 500 g/mol. The normalized spacial score (nSPS) is 17.0. The van der Waals surface area contributed by atoms with Crippen LogP contribution in [-0.4, -0.2) is 52.0 Å². The second kappa shape index (κ2) is 11.2. The molecule has 2 aromatic rings. The molecule has 32 heavy (non-hydrogen) atoms. The van der Waals surface area contributed by atoms with E-state index in [1.807, 2.05) is 0 Å². The molecular formula is C22H26Cl2N2O5S.